The first-order chi connectivity index (χ1) is 12.0. The van der Waals surface area contributed by atoms with Crippen LogP contribution in [-0.4, -0.2) is 41.8 Å². The quantitative estimate of drug-likeness (QED) is 0.736. The fourth-order valence-corrected chi connectivity index (χ4v) is 2.78. The van der Waals surface area contributed by atoms with Gasteiger partial charge in [0.05, 0.1) is 34.5 Å². The summed E-state index contributed by atoms with van der Waals surface area (Å²) in [5.74, 6) is -0.0906. The first-order valence-corrected chi connectivity index (χ1v) is 8.00. The number of aromatic nitrogens is 3. The van der Waals surface area contributed by atoms with Crippen LogP contribution < -0.4 is 9.80 Å². The standard InChI is InChI=1S/C19H21N5O/c1-14-16(13-21-24(14)15-9-11-20-12-10-15)19(25)23(4)18-8-6-5-7-17(18)22(2)3/h5-13H,1-4H3. The minimum atomic E-state index is -0.0906. The maximum Gasteiger partial charge on any atom is 0.261 e. The lowest BCUT2D eigenvalue weighted by atomic mass is 10.2. The molecule has 0 fully saturated rings. The van der Waals surface area contributed by atoms with Crippen molar-refractivity contribution in [3.8, 4) is 5.69 Å². The zero-order valence-corrected chi connectivity index (χ0v) is 14.8. The van der Waals surface area contributed by atoms with Gasteiger partial charge in [-0.1, -0.05) is 12.1 Å². The summed E-state index contributed by atoms with van der Waals surface area (Å²) in [6.45, 7) is 1.90. The molecule has 2 aromatic heterocycles. The summed E-state index contributed by atoms with van der Waals surface area (Å²) in [7, 11) is 5.71. The number of hydrogen-bond donors (Lipinski definition) is 0. The molecular formula is C19H21N5O. The van der Waals surface area contributed by atoms with Crippen LogP contribution in [0.25, 0.3) is 5.69 Å². The fourth-order valence-electron chi connectivity index (χ4n) is 2.78. The minimum Gasteiger partial charge on any atom is -0.376 e. The lowest BCUT2D eigenvalue weighted by molar-refractivity contribution is 0.0992. The first kappa shape index (κ1) is 16.7. The molecule has 0 aliphatic carbocycles. The number of benzene rings is 1. The van der Waals surface area contributed by atoms with Crippen molar-refractivity contribution < 1.29 is 4.79 Å². The SMILES string of the molecule is Cc1c(C(=O)N(C)c2ccccc2N(C)C)cnn1-c1ccncc1. The number of hydrogen-bond acceptors (Lipinski definition) is 4. The van der Waals surface area contributed by atoms with E-state index in [1.165, 1.54) is 0 Å². The van der Waals surface area contributed by atoms with E-state index in [4.69, 9.17) is 0 Å². The van der Waals surface area contributed by atoms with E-state index in [1.54, 1.807) is 35.2 Å². The highest BCUT2D eigenvalue weighted by atomic mass is 16.2. The lowest BCUT2D eigenvalue weighted by Gasteiger charge is -2.24. The number of carbonyl (C=O) groups excluding carboxylic acids is 1. The molecular weight excluding hydrogens is 314 g/mol. The molecule has 0 atom stereocenters. The summed E-state index contributed by atoms with van der Waals surface area (Å²) in [6.07, 6.45) is 5.03. The predicted molar refractivity (Wildman–Crippen MR) is 99.6 cm³/mol. The second kappa shape index (κ2) is 6.76. The van der Waals surface area contributed by atoms with Gasteiger partial charge in [0, 0.05) is 33.5 Å². The van der Waals surface area contributed by atoms with Gasteiger partial charge in [0.25, 0.3) is 5.91 Å². The van der Waals surface area contributed by atoms with Crippen LogP contribution in [0.15, 0.2) is 55.0 Å². The third-order valence-electron chi connectivity index (χ3n) is 4.18. The Morgan fingerprint density at radius 1 is 1.00 bits per heavy atom. The van der Waals surface area contributed by atoms with Gasteiger partial charge in [-0.3, -0.25) is 9.78 Å². The van der Waals surface area contributed by atoms with Crippen molar-refractivity contribution in [1.29, 1.82) is 0 Å². The Balaban J connectivity index is 1.96. The Labute approximate surface area is 147 Å². The van der Waals surface area contributed by atoms with E-state index < -0.39 is 0 Å². The maximum absolute atomic E-state index is 13.0. The van der Waals surface area contributed by atoms with Gasteiger partial charge in [0.15, 0.2) is 0 Å². The average Bonchev–Trinajstić information content (AvgIpc) is 3.02. The van der Waals surface area contributed by atoms with Gasteiger partial charge < -0.3 is 9.80 Å². The Morgan fingerprint density at radius 2 is 1.64 bits per heavy atom. The Hall–Kier alpha value is -3.15. The summed E-state index contributed by atoms with van der Waals surface area (Å²) >= 11 is 0. The monoisotopic (exact) mass is 335 g/mol. The molecule has 1 aromatic carbocycles. The van der Waals surface area contributed by atoms with Crippen LogP contribution in [0.1, 0.15) is 16.1 Å². The number of rotatable bonds is 4. The summed E-state index contributed by atoms with van der Waals surface area (Å²) in [5, 5.41) is 4.37. The molecule has 3 rings (SSSR count). The molecule has 0 spiro atoms. The molecule has 128 valence electrons. The van der Waals surface area contributed by atoms with Gasteiger partial charge >= 0.3 is 0 Å². The molecule has 0 aliphatic rings. The summed E-state index contributed by atoms with van der Waals surface area (Å²) in [4.78, 5) is 20.7. The fraction of sp³-hybridized carbons (Fsp3) is 0.211. The van der Waals surface area contributed by atoms with Crippen molar-refractivity contribution in [2.45, 2.75) is 6.92 Å². The van der Waals surface area contributed by atoms with Crippen LogP contribution in [-0.2, 0) is 0 Å². The van der Waals surface area contributed by atoms with Gasteiger partial charge in [0.2, 0.25) is 0 Å². The maximum atomic E-state index is 13.0. The predicted octanol–water partition coefficient (Wildman–Crippen LogP) is 2.92. The molecule has 0 unspecified atom stereocenters. The second-order valence-electron chi connectivity index (χ2n) is 6.01. The molecule has 6 heteroatoms. The van der Waals surface area contributed by atoms with Crippen LogP contribution in [0.4, 0.5) is 11.4 Å². The van der Waals surface area contributed by atoms with Crippen molar-refractivity contribution in [3.05, 3.63) is 66.2 Å². The largest absolute Gasteiger partial charge is 0.376 e. The molecule has 2 heterocycles. The van der Waals surface area contributed by atoms with Gasteiger partial charge in [0.1, 0.15) is 0 Å². The van der Waals surface area contributed by atoms with Crippen LogP contribution in [0.3, 0.4) is 0 Å². The molecule has 0 bridgehead atoms. The number of nitrogens with zero attached hydrogens (tertiary/aromatic N) is 5. The molecule has 0 radical (unpaired) electrons. The molecule has 1 amide bonds. The third-order valence-corrected chi connectivity index (χ3v) is 4.18. The van der Waals surface area contributed by atoms with E-state index in [1.807, 2.05) is 62.3 Å². The Bertz CT molecular complexity index is 886. The van der Waals surface area contributed by atoms with Gasteiger partial charge in [-0.05, 0) is 31.2 Å². The Kier molecular flexibility index (Phi) is 4.52. The van der Waals surface area contributed by atoms with Crippen molar-refractivity contribution in [2.75, 3.05) is 30.9 Å². The highest BCUT2D eigenvalue weighted by Crippen LogP contribution is 2.28. The normalized spacial score (nSPS) is 10.6. The smallest absolute Gasteiger partial charge is 0.261 e. The second-order valence-corrected chi connectivity index (χ2v) is 6.01. The Morgan fingerprint density at radius 3 is 2.28 bits per heavy atom. The highest BCUT2D eigenvalue weighted by molar-refractivity contribution is 6.08. The minimum absolute atomic E-state index is 0.0906. The molecule has 0 saturated carbocycles. The van der Waals surface area contributed by atoms with Gasteiger partial charge in [-0.2, -0.15) is 5.10 Å². The highest BCUT2D eigenvalue weighted by Gasteiger charge is 2.21. The van der Waals surface area contributed by atoms with Crippen LogP contribution in [0, 0.1) is 6.92 Å². The summed E-state index contributed by atoms with van der Waals surface area (Å²) in [6, 6.07) is 11.5. The average molecular weight is 335 g/mol. The topological polar surface area (TPSA) is 54.3 Å². The van der Waals surface area contributed by atoms with Crippen LogP contribution in [0.5, 0.6) is 0 Å². The molecule has 0 N–H and O–H groups in total. The molecule has 0 saturated heterocycles. The van der Waals surface area contributed by atoms with E-state index >= 15 is 0 Å². The van der Waals surface area contributed by atoms with Crippen molar-refractivity contribution >= 4 is 17.3 Å². The number of pyridine rings is 1. The van der Waals surface area contributed by atoms with Gasteiger partial charge in [-0.25, -0.2) is 4.68 Å². The molecule has 25 heavy (non-hydrogen) atoms. The van der Waals surface area contributed by atoms with Crippen molar-refractivity contribution in [2.24, 2.45) is 0 Å². The third kappa shape index (κ3) is 3.10. The lowest BCUT2D eigenvalue weighted by Crippen LogP contribution is -2.28. The number of anilines is 2. The van der Waals surface area contributed by atoms with Crippen LogP contribution in [0.2, 0.25) is 0 Å². The zero-order chi connectivity index (χ0) is 18.0. The van der Waals surface area contributed by atoms with Crippen molar-refractivity contribution in [1.82, 2.24) is 14.8 Å². The molecule has 0 aliphatic heterocycles. The van der Waals surface area contributed by atoms with E-state index in [2.05, 4.69) is 10.1 Å². The van der Waals surface area contributed by atoms with E-state index in [9.17, 15) is 4.79 Å². The van der Waals surface area contributed by atoms with E-state index in [0.717, 1.165) is 22.8 Å². The first-order valence-electron chi connectivity index (χ1n) is 8.00. The summed E-state index contributed by atoms with van der Waals surface area (Å²) < 4.78 is 1.75. The number of carbonyl (C=O) groups is 1. The van der Waals surface area contributed by atoms with Crippen molar-refractivity contribution in [3.63, 3.8) is 0 Å². The number of para-hydroxylation sites is 2. The summed E-state index contributed by atoms with van der Waals surface area (Å²) in [5.41, 5.74) is 4.09. The van der Waals surface area contributed by atoms with Crippen LogP contribution >= 0.6 is 0 Å². The molecule has 3 aromatic rings. The van der Waals surface area contributed by atoms with Gasteiger partial charge in [-0.15, -0.1) is 0 Å². The van der Waals surface area contributed by atoms with E-state index in [0.29, 0.717) is 5.56 Å². The molecule has 6 nitrogen and oxygen atoms in total. The zero-order valence-electron chi connectivity index (χ0n) is 14.8. The van der Waals surface area contributed by atoms with E-state index in [-0.39, 0.29) is 5.91 Å². The number of amides is 1.